The standard InChI is InChI=1S/C18H26N2S/c1-7-15(9-8-14(2)19(3)4)18(21)16-10-12-17(13-11-16)20(5)6/h7-13,18,21H,2H2,1,3-6H3/b9-8-,15-7+. The number of hydrogen-bond acceptors (Lipinski definition) is 3. The van der Waals surface area contributed by atoms with E-state index in [4.69, 9.17) is 12.6 Å². The number of allylic oxidation sites excluding steroid dienone is 3. The van der Waals surface area contributed by atoms with Crippen LogP contribution in [0.2, 0.25) is 0 Å². The molecule has 0 aromatic heterocycles. The Morgan fingerprint density at radius 1 is 1.10 bits per heavy atom. The maximum absolute atomic E-state index is 4.76. The lowest BCUT2D eigenvalue weighted by molar-refractivity contribution is 0.532. The van der Waals surface area contributed by atoms with Crippen LogP contribution in [0, 0.1) is 0 Å². The third-order valence-electron chi connectivity index (χ3n) is 3.42. The number of rotatable bonds is 6. The van der Waals surface area contributed by atoms with E-state index in [1.54, 1.807) is 0 Å². The fourth-order valence-corrected chi connectivity index (χ4v) is 2.24. The van der Waals surface area contributed by atoms with E-state index in [1.165, 1.54) is 16.8 Å². The molecule has 0 bridgehead atoms. The lowest BCUT2D eigenvalue weighted by Crippen LogP contribution is -2.08. The highest BCUT2D eigenvalue weighted by Crippen LogP contribution is 2.30. The van der Waals surface area contributed by atoms with Crippen LogP contribution in [0.3, 0.4) is 0 Å². The van der Waals surface area contributed by atoms with Gasteiger partial charge >= 0.3 is 0 Å². The van der Waals surface area contributed by atoms with Gasteiger partial charge in [0, 0.05) is 39.6 Å². The lowest BCUT2D eigenvalue weighted by atomic mass is 10.0. The second-order valence-electron chi connectivity index (χ2n) is 5.40. The van der Waals surface area contributed by atoms with Gasteiger partial charge in [-0.25, -0.2) is 0 Å². The van der Waals surface area contributed by atoms with Gasteiger partial charge in [0.25, 0.3) is 0 Å². The van der Waals surface area contributed by atoms with Crippen molar-refractivity contribution in [2.75, 3.05) is 33.1 Å². The van der Waals surface area contributed by atoms with Gasteiger partial charge in [-0.15, -0.1) is 0 Å². The predicted octanol–water partition coefficient (Wildman–Crippen LogP) is 4.30. The minimum Gasteiger partial charge on any atom is -0.378 e. The smallest absolute Gasteiger partial charge is 0.0513 e. The third-order valence-corrected chi connectivity index (χ3v) is 4.01. The van der Waals surface area contributed by atoms with Gasteiger partial charge in [-0.2, -0.15) is 12.6 Å². The summed E-state index contributed by atoms with van der Waals surface area (Å²) in [6, 6.07) is 8.50. The molecule has 1 aromatic rings. The number of likely N-dealkylation sites (N-methyl/N-ethyl adjacent to an activating group) is 1. The molecule has 0 aliphatic rings. The van der Waals surface area contributed by atoms with Crippen LogP contribution >= 0.6 is 12.6 Å². The second-order valence-corrected chi connectivity index (χ2v) is 5.91. The van der Waals surface area contributed by atoms with Gasteiger partial charge < -0.3 is 9.80 Å². The molecule has 0 amide bonds. The van der Waals surface area contributed by atoms with Crippen LogP contribution in [0.1, 0.15) is 17.7 Å². The molecular weight excluding hydrogens is 276 g/mol. The lowest BCUT2D eigenvalue weighted by Gasteiger charge is -2.17. The van der Waals surface area contributed by atoms with Crippen LogP contribution in [-0.4, -0.2) is 33.1 Å². The highest BCUT2D eigenvalue weighted by Gasteiger charge is 2.10. The zero-order valence-corrected chi connectivity index (χ0v) is 14.6. The van der Waals surface area contributed by atoms with Gasteiger partial charge in [0.15, 0.2) is 0 Å². The summed E-state index contributed by atoms with van der Waals surface area (Å²) in [5.74, 6) is 0. The maximum atomic E-state index is 4.76. The molecule has 0 aliphatic heterocycles. The van der Waals surface area contributed by atoms with E-state index in [0.29, 0.717) is 0 Å². The molecule has 0 radical (unpaired) electrons. The summed E-state index contributed by atoms with van der Waals surface area (Å²) in [6.07, 6.45) is 6.20. The van der Waals surface area contributed by atoms with E-state index >= 15 is 0 Å². The molecule has 1 aromatic carbocycles. The van der Waals surface area contributed by atoms with Crippen molar-refractivity contribution in [3.05, 3.63) is 65.9 Å². The van der Waals surface area contributed by atoms with Crippen molar-refractivity contribution in [3.8, 4) is 0 Å². The third kappa shape index (κ3) is 5.01. The number of benzene rings is 1. The van der Waals surface area contributed by atoms with Crippen LogP contribution in [0.5, 0.6) is 0 Å². The Morgan fingerprint density at radius 2 is 1.67 bits per heavy atom. The Bertz CT molecular complexity index is 525. The van der Waals surface area contributed by atoms with Crippen LogP contribution in [0.25, 0.3) is 0 Å². The van der Waals surface area contributed by atoms with E-state index in [1.807, 2.05) is 46.1 Å². The molecule has 0 N–H and O–H groups in total. The van der Waals surface area contributed by atoms with Crippen molar-refractivity contribution in [1.29, 1.82) is 0 Å². The Labute approximate surface area is 134 Å². The average molecular weight is 302 g/mol. The molecule has 0 spiro atoms. The summed E-state index contributed by atoms with van der Waals surface area (Å²) >= 11 is 4.76. The van der Waals surface area contributed by atoms with E-state index in [0.717, 1.165) is 5.70 Å². The summed E-state index contributed by atoms with van der Waals surface area (Å²) in [4.78, 5) is 4.08. The van der Waals surface area contributed by atoms with Crippen molar-refractivity contribution in [2.24, 2.45) is 0 Å². The van der Waals surface area contributed by atoms with Gasteiger partial charge in [-0.05, 0) is 36.3 Å². The Kier molecular flexibility index (Phi) is 6.63. The molecule has 0 saturated carbocycles. The van der Waals surface area contributed by atoms with Gasteiger partial charge in [0.05, 0.1) is 5.25 Å². The van der Waals surface area contributed by atoms with Gasteiger partial charge in [0.2, 0.25) is 0 Å². The highest BCUT2D eigenvalue weighted by molar-refractivity contribution is 7.80. The molecule has 1 rings (SSSR count). The van der Waals surface area contributed by atoms with Gasteiger partial charge in [0.1, 0.15) is 0 Å². The predicted molar refractivity (Wildman–Crippen MR) is 98.2 cm³/mol. The summed E-state index contributed by atoms with van der Waals surface area (Å²) < 4.78 is 0. The molecule has 0 aliphatic carbocycles. The number of hydrogen-bond donors (Lipinski definition) is 1. The van der Waals surface area contributed by atoms with Crippen molar-refractivity contribution < 1.29 is 0 Å². The quantitative estimate of drug-likeness (QED) is 0.618. The monoisotopic (exact) mass is 302 g/mol. The Morgan fingerprint density at radius 3 is 2.10 bits per heavy atom. The SMILES string of the molecule is C=C(/C=C\C(=C/C)C(S)c1ccc(N(C)C)cc1)N(C)C. The molecule has 1 atom stereocenters. The Balaban J connectivity index is 2.89. The summed E-state index contributed by atoms with van der Waals surface area (Å²) in [6.45, 7) is 6.04. The molecule has 114 valence electrons. The van der Waals surface area contributed by atoms with E-state index < -0.39 is 0 Å². The molecule has 2 nitrogen and oxygen atoms in total. The molecule has 3 heteroatoms. The second kappa shape index (κ2) is 7.99. The zero-order chi connectivity index (χ0) is 16.0. The molecular formula is C18H26N2S. The molecule has 0 saturated heterocycles. The Hall–Kier alpha value is -1.61. The summed E-state index contributed by atoms with van der Waals surface area (Å²) in [5.41, 5.74) is 4.52. The first-order valence-electron chi connectivity index (χ1n) is 7.02. The van der Waals surface area contributed by atoms with Crippen molar-refractivity contribution in [2.45, 2.75) is 12.2 Å². The van der Waals surface area contributed by atoms with Gasteiger partial charge in [-0.3, -0.25) is 0 Å². The zero-order valence-electron chi connectivity index (χ0n) is 13.7. The van der Waals surface area contributed by atoms with E-state index in [-0.39, 0.29) is 5.25 Å². The van der Waals surface area contributed by atoms with Crippen LogP contribution < -0.4 is 4.90 Å². The van der Waals surface area contributed by atoms with Crippen LogP contribution in [-0.2, 0) is 0 Å². The molecule has 0 fully saturated rings. The normalized spacial score (nSPS) is 13.3. The minimum atomic E-state index is 0.0671. The van der Waals surface area contributed by atoms with Crippen molar-refractivity contribution in [1.82, 2.24) is 4.90 Å². The first-order valence-corrected chi connectivity index (χ1v) is 7.54. The van der Waals surface area contributed by atoms with E-state index in [2.05, 4.69) is 47.9 Å². The highest BCUT2D eigenvalue weighted by atomic mass is 32.1. The molecule has 1 unspecified atom stereocenters. The average Bonchev–Trinajstić information content (AvgIpc) is 2.47. The largest absolute Gasteiger partial charge is 0.378 e. The first kappa shape index (κ1) is 17.4. The van der Waals surface area contributed by atoms with Crippen molar-refractivity contribution in [3.63, 3.8) is 0 Å². The fraction of sp³-hybridized carbons (Fsp3) is 0.333. The minimum absolute atomic E-state index is 0.0671. The number of thiol groups is 1. The van der Waals surface area contributed by atoms with Gasteiger partial charge in [-0.1, -0.05) is 30.9 Å². The maximum Gasteiger partial charge on any atom is 0.0513 e. The van der Waals surface area contributed by atoms with Crippen LogP contribution in [0.15, 0.2) is 60.3 Å². The topological polar surface area (TPSA) is 6.48 Å². The van der Waals surface area contributed by atoms with E-state index in [9.17, 15) is 0 Å². The molecule has 0 heterocycles. The summed E-state index contributed by atoms with van der Waals surface area (Å²) in [5, 5.41) is 0.0671. The fourth-order valence-electron chi connectivity index (χ4n) is 1.83. The van der Waals surface area contributed by atoms with Crippen LogP contribution in [0.4, 0.5) is 5.69 Å². The summed E-state index contributed by atoms with van der Waals surface area (Å²) in [7, 11) is 8.06. The first-order chi connectivity index (χ1) is 9.86. The molecule has 21 heavy (non-hydrogen) atoms. The number of nitrogens with zero attached hydrogens (tertiary/aromatic N) is 2. The number of anilines is 1. The van der Waals surface area contributed by atoms with Crippen molar-refractivity contribution >= 4 is 18.3 Å².